The van der Waals surface area contributed by atoms with Crippen LogP contribution in [0.4, 0.5) is 0 Å². The molecule has 3 aliphatic carbocycles. The third-order valence-corrected chi connectivity index (χ3v) is 6.91. The van der Waals surface area contributed by atoms with Gasteiger partial charge in [-0.3, -0.25) is 4.79 Å². The maximum Gasteiger partial charge on any atom is 0.163 e. The SMILES string of the molecule is CCCC1c2ccc(C3=C(C)C=CC3)cc2-c2c1ccc1c2CCC1=O.CCNCC. The van der Waals surface area contributed by atoms with Gasteiger partial charge in [0, 0.05) is 17.9 Å². The average molecular weight is 414 g/mol. The molecule has 0 saturated carbocycles. The number of nitrogens with one attached hydrogen (secondary N) is 1. The maximum absolute atomic E-state index is 12.3. The second kappa shape index (κ2) is 9.36. The van der Waals surface area contributed by atoms with Crippen molar-refractivity contribution in [3.05, 3.63) is 75.9 Å². The third kappa shape index (κ3) is 3.94. The summed E-state index contributed by atoms with van der Waals surface area (Å²) in [5.41, 5.74) is 12.1. The first-order chi connectivity index (χ1) is 15.1. The molecule has 162 valence electrons. The van der Waals surface area contributed by atoms with Gasteiger partial charge in [-0.15, -0.1) is 0 Å². The first kappa shape index (κ1) is 21.8. The van der Waals surface area contributed by atoms with E-state index in [1.165, 1.54) is 57.4 Å². The number of hydrogen-bond acceptors (Lipinski definition) is 2. The molecule has 2 nitrogen and oxygen atoms in total. The van der Waals surface area contributed by atoms with Crippen LogP contribution in [0.15, 0.2) is 48.1 Å². The second-order valence-corrected chi connectivity index (χ2v) is 8.85. The van der Waals surface area contributed by atoms with E-state index in [2.05, 4.69) is 75.5 Å². The van der Waals surface area contributed by atoms with Gasteiger partial charge in [-0.05, 0) is 89.9 Å². The van der Waals surface area contributed by atoms with E-state index in [0.29, 0.717) is 18.1 Å². The van der Waals surface area contributed by atoms with Crippen LogP contribution in [-0.2, 0) is 6.42 Å². The van der Waals surface area contributed by atoms with E-state index in [4.69, 9.17) is 0 Å². The molecular formula is C29H35NO. The lowest BCUT2D eigenvalue weighted by atomic mass is 9.90. The average Bonchev–Trinajstić information content (AvgIpc) is 3.45. The summed E-state index contributed by atoms with van der Waals surface area (Å²) in [7, 11) is 0. The predicted molar refractivity (Wildman–Crippen MR) is 132 cm³/mol. The first-order valence-corrected chi connectivity index (χ1v) is 12.0. The largest absolute Gasteiger partial charge is 0.317 e. The van der Waals surface area contributed by atoms with E-state index < -0.39 is 0 Å². The Kier molecular flexibility index (Phi) is 6.57. The Balaban J connectivity index is 0.000000418. The molecule has 2 aromatic rings. The number of ketones is 1. The van der Waals surface area contributed by atoms with Crippen LogP contribution in [0.25, 0.3) is 16.7 Å². The van der Waals surface area contributed by atoms with Gasteiger partial charge in [-0.1, -0.05) is 63.6 Å². The number of fused-ring (bicyclic) bond motifs is 5. The van der Waals surface area contributed by atoms with E-state index in [9.17, 15) is 4.79 Å². The Morgan fingerprint density at radius 1 is 0.968 bits per heavy atom. The number of rotatable bonds is 5. The fourth-order valence-corrected chi connectivity index (χ4v) is 5.41. The number of allylic oxidation sites excluding steroid dienone is 4. The Labute approximate surface area is 187 Å². The van der Waals surface area contributed by atoms with Gasteiger partial charge in [0.15, 0.2) is 5.78 Å². The van der Waals surface area contributed by atoms with Crippen molar-refractivity contribution in [1.29, 1.82) is 0 Å². The monoisotopic (exact) mass is 413 g/mol. The molecule has 31 heavy (non-hydrogen) atoms. The van der Waals surface area contributed by atoms with E-state index in [1.54, 1.807) is 0 Å². The lowest BCUT2D eigenvalue weighted by Gasteiger charge is -2.13. The molecule has 0 radical (unpaired) electrons. The molecule has 0 aliphatic heterocycles. The molecule has 2 heteroatoms. The van der Waals surface area contributed by atoms with Crippen LogP contribution < -0.4 is 5.32 Å². The first-order valence-electron chi connectivity index (χ1n) is 12.0. The molecule has 1 atom stereocenters. The van der Waals surface area contributed by atoms with Crippen molar-refractivity contribution in [3.63, 3.8) is 0 Å². The summed E-state index contributed by atoms with van der Waals surface area (Å²) >= 11 is 0. The highest BCUT2D eigenvalue weighted by molar-refractivity contribution is 6.04. The summed E-state index contributed by atoms with van der Waals surface area (Å²) in [6.07, 6.45) is 9.44. The molecule has 3 aliphatic rings. The van der Waals surface area contributed by atoms with E-state index in [1.807, 2.05) is 0 Å². The van der Waals surface area contributed by atoms with Crippen molar-refractivity contribution in [2.45, 2.75) is 65.7 Å². The molecular weight excluding hydrogens is 378 g/mol. The van der Waals surface area contributed by atoms with Crippen LogP contribution in [-0.4, -0.2) is 18.9 Å². The van der Waals surface area contributed by atoms with Crippen LogP contribution in [0.2, 0.25) is 0 Å². The zero-order valence-corrected chi connectivity index (χ0v) is 19.5. The molecule has 0 heterocycles. The smallest absolute Gasteiger partial charge is 0.163 e. The fraction of sp³-hybridized carbons (Fsp3) is 0.414. The van der Waals surface area contributed by atoms with Gasteiger partial charge in [0.05, 0.1) is 0 Å². The zero-order chi connectivity index (χ0) is 22.0. The molecule has 1 N–H and O–H groups in total. The molecule has 0 spiro atoms. The van der Waals surface area contributed by atoms with Crippen molar-refractivity contribution in [3.8, 4) is 11.1 Å². The minimum atomic E-state index is 0.318. The van der Waals surface area contributed by atoms with Crippen molar-refractivity contribution < 1.29 is 4.79 Å². The van der Waals surface area contributed by atoms with E-state index in [0.717, 1.165) is 31.5 Å². The van der Waals surface area contributed by atoms with E-state index in [-0.39, 0.29) is 0 Å². The van der Waals surface area contributed by atoms with Crippen LogP contribution in [0.5, 0.6) is 0 Å². The molecule has 5 rings (SSSR count). The summed E-state index contributed by atoms with van der Waals surface area (Å²) in [6, 6.07) is 11.4. The fourth-order valence-electron chi connectivity index (χ4n) is 5.41. The number of carbonyl (C=O) groups excluding carboxylic acids is 1. The summed E-state index contributed by atoms with van der Waals surface area (Å²) < 4.78 is 0. The lowest BCUT2D eigenvalue weighted by Crippen LogP contribution is -2.09. The van der Waals surface area contributed by atoms with Crippen molar-refractivity contribution >= 4 is 11.4 Å². The minimum Gasteiger partial charge on any atom is -0.317 e. The molecule has 0 saturated heterocycles. The zero-order valence-electron chi connectivity index (χ0n) is 19.5. The second-order valence-electron chi connectivity index (χ2n) is 8.85. The molecule has 0 bridgehead atoms. The van der Waals surface area contributed by atoms with Crippen LogP contribution in [0, 0.1) is 0 Å². The Bertz CT molecular complexity index is 1050. The maximum atomic E-state index is 12.3. The number of hydrogen-bond donors (Lipinski definition) is 1. The summed E-state index contributed by atoms with van der Waals surface area (Å²) in [4.78, 5) is 12.3. The van der Waals surface area contributed by atoms with Gasteiger partial charge < -0.3 is 5.32 Å². The van der Waals surface area contributed by atoms with Crippen molar-refractivity contribution in [2.75, 3.05) is 13.1 Å². The standard InChI is InChI=1S/C25H24O.C4H11N/c1-3-5-18-19-9-8-16(17-7-4-6-15(17)2)14-23(19)25-21(18)11-10-20-22(25)12-13-24(20)26;1-3-5-4-2/h4,6,8-11,14,18H,3,5,7,12-13H2,1-2H3;5H,3-4H2,1-2H3. The van der Waals surface area contributed by atoms with Crippen molar-refractivity contribution in [1.82, 2.24) is 5.32 Å². The van der Waals surface area contributed by atoms with Gasteiger partial charge >= 0.3 is 0 Å². The summed E-state index contributed by atoms with van der Waals surface area (Å²) in [5.74, 6) is 0.801. The third-order valence-electron chi connectivity index (χ3n) is 6.91. The van der Waals surface area contributed by atoms with Crippen LogP contribution in [0.3, 0.4) is 0 Å². The molecule has 1 unspecified atom stereocenters. The number of Topliss-reactive ketones (excluding diaryl/α,β-unsaturated/α-hetero) is 1. The Hall–Kier alpha value is -2.45. The van der Waals surface area contributed by atoms with E-state index >= 15 is 0 Å². The Morgan fingerprint density at radius 2 is 1.74 bits per heavy atom. The van der Waals surface area contributed by atoms with Crippen molar-refractivity contribution in [2.24, 2.45) is 0 Å². The normalized spacial score (nSPS) is 18.1. The Morgan fingerprint density at radius 3 is 2.39 bits per heavy atom. The topological polar surface area (TPSA) is 29.1 Å². The highest BCUT2D eigenvalue weighted by Crippen LogP contribution is 2.51. The minimum absolute atomic E-state index is 0.318. The number of carbonyl (C=O) groups is 1. The molecule has 2 aromatic carbocycles. The van der Waals surface area contributed by atoms with Crippen LogP contribution >= 0.6 is 0 Å². The molecule has 0 amide bonds. The van der Waals surface area contributed by atoms with Gasteiger partial charge in [0.1, 0.15) is 0 Å². The van der Waals surface area contributed by atoms with Gasteiger partial charge in [-0.2, -0.15) is 0 Å². The van der Waals surface area contributed by atoms with Gasteiger partial charge in [0.2, 0.25) is 0 Å². The van der Waals surface area contributed by atoms with Crippen LogP contribution in [0.1, 0.15) is 91.9 Å². The van der Waals surface area contributed by atoms with Gasteiger partial charge in [-0.25, -0.2) is 0 Å². The quantitative estimate of drug-likeness (QED) is 0.567. The predicted octanol–water partition coefficient (Wildman–Crippen LogP) is 7.08. The lowest BCUT2D eigenvalue weighted by molar-refractivity contribution is 0.0994. The summed E-state index contributed by atoms with van der Waals surface area (Å²) in [5, 5.41) is 3.11. The molecule has 0 aromatic heterocycles. The highest BCUT2D eigenvalue weighted by atomic mass is 16.1. The number of benzene rings is 2. The highest BCUT2D eigenvalue weighted by Gasteiger charge is 2.34. The summed E-state index contributed by atoms with van der Waals surface area (Å²) in [6.45, 7) is 10.9. The molecule has 0 fully saturated rings. The van der Waals surface area contributed by atoms with Gasteiger partial charge in [0.25, 0.3) is 0 Å².